The summed E-state index contributed by atoms with van der Waals surface area (Å²) in [6, 6.07) is 52.7. The standard InChI is InChI=1S/C44H26FN3O/c45-31-19-13-27(14-20-31)43-36-9-1-4-10-38(36)46-44(47-43)28-15-21-32(22-16-28)48-39-11-5-2-7-33(39)37-25-29(18-24-40(37)48)30-17-23-35-34-8-3-6-12-41(34)49-42(35)26-30/h1-26H. The van der Waals surface area contributed by atoms with E-state index in [2.05, 4.69) is 95.6 Å². The van der Waals surface area contributed by atoms with Crippen LogP contribution in [0.25, 0.3) is 94.1 Å². The van der Waals surface area contributed by atoms with E-state index < -0.39 is 0 Å². The van der Waals surface area contributed by atoms with Crippen LogP contribution in [0.2, 0.25) is 0 Å². The van der Waals surface area contributed by atoms with Crippen molar-refractivity contribution in [1.82, 2.24) is 14.5 Å². The fraction of sp³-hybridized carbons (Fsp3) is 0. The molecule has 0 atom stereocenters. The first-order chi connectivity index (χ1) is 24.2. The number of nitrogens with zero attached hydrogens (tertiary/aromatic N) is 3. The fourth-order valence-corrected chi connectivity index (χ4v) is 7.13. The Hall–Kier alpha value is -6.59. The third-order valence-electron chi connectivity index (χ3n) is 9.49. The Morgan fingerprint density at radius 1 is 0.449 bits per heavy atom. The van der Waals surface area contributed by atoms with Gasteiger partial charge in [-0.25, -0.2) is 14.4 Å². The van der Waals surface area contributed by atoms with Gasteiger partial charge in [0, 0.05) is 43.7 Å². The molecule has 0 radical (unpaired) electrons. The highest BCUT2D eigenvalue weighted by molar-refractivity contribution is 6.11. The van der Waals surface area contributed by atoms with Crippen LogP contribution in [0.15, 0.2) is 162 Å². The van der Waals surface area contributed by atoms with Crippen LogP contribution in [-0.4, -0.2) is 14.5 Å². The van der Waals surface area contributed by atoms with E-state index in [0.29, 0.717) is 5.82 Å². The van der Waals surface area contributed by atoms with Crippen LogP contribution in [0.4, 0.5) is 4.39 Å². The Balaban J connectivity index is 1.07. The van der Waals surface area contributed by atoms with E-state index >= 15 is 0 Å². The summed E-state index contributed by atoms with van der Waals surface area (Å²) in [5.74, 6) is 0.348. The van der Waals surface area contributed by atoms with Crippen molar-refractivity contribution in [2.24, 2.45) is 0 Å². The average molecular weight is 632 g/mol. The Morgan fingerprint density at radius 3 is 1.94 bits per heavy atom. The lowest BCUT2D eigenvalue weighted by atomic mass is 10.0. The van der Waals surface area contributed by atoms with Gasteiger partial charge < -0.3 is 8.98 Å². The molecule has 0 spiro atoms. The number of para-hydroxylation sites is 3. The van der Waals surface area contributed by atoms with Gasteiger partial charge in [-0.1, -0.05) is 66.7 Å². The largest absolute Gasteiger partial charge is 0.456 e. The average Bonchev–Trinajstić information content (AvgIpc) is 3.70. The van der Waals surface area contributed by atoms with E-state index in [1.54, 1.807) is 12.1 Å². The molecule has 0 aliphatic carbocycles. The summed E-state index contributed by atoms with van der Waals surface area (Å²) in [7, 11) is 0. The second-order valence-corrected chi connectivity index (χ2v) is 12.4. The molecule has 0 saturated heterocycles. The number of hydrogen-bond acceptors (Lipinski definition) is 3. The SMILES string of the molecule is Fc1ccc(-c2nc(-c3ccc(-n4c5ccccc5c5cc(-c6ccc7c(c6)oc6ccccc67)ccc54)cc3)nc3ccccc23)cc1. The summed E-state index contributed by atoms with van der Waals surface area (Å²) in [6.07, 6.45) is 0. The highest BCUT2D eigenvalue weighted by Gasteiger charge is 2.16. The van der Waals surface area contributed by atoms with E-state index in [4.69, 9.17) is 14.4 Å². The third-order valence-corrected chi connectivity index (χ3v) is 9.49. The van der Waals surface area contributed by atoms with Crippen LogP contribution in [-0.2, 0) is 0 Å². The topological polar surface area (TPSA) is 43.9 Å². The zero-order chi connectivity index (χ0) is 32.5. The van der Waals surface area contributed by atoms with E-state index in [9.17, 15) is 4.39 Å². The predicted molar refractivity (Wildman–Crippen MR) is 197 cm³/mol. The summed E-state index contributed by atoms with van der Waals surface area (Å²) in [5.41, 5.74) is 10.7. The molecule has 0 N–H and O–H groups in total. The molecule has 0 saturated carbocycles. The summed E-state index contributed by atoms with van der Waals surface area (Å²) in [5, 5.41) is 5.56. The molecular weight excluding hydrogens is 606 g/mol. The van der Waals surface area contributed by atoms with Crippen LogP contribution < -0.4 is 0 Å². The van der Waals surface area contributed by atoms with Crippen molar-refractivity contribution in [3.63, 3.8) is 0 Å². The van der Waals surface area contributed by atoms with Gasteiger partial charge in [0.25, 0.3) is 0 Å². The van der Waals surface area contributed by atoms with Crippen molar-refractivity contribution in [2.45, 2.75) is 0 Å². The van der Waals surface area contributed by atoms with Gasteiger partial charge in [0.15, 0.2) is 5.82 Å². The van der Waals surface area contributed by atoms with Gasteiger partial charge in [0.2, 0.25) is 0 Å². The Labute approximate surface area is 280 Å². The monoisotopic (exact) mass is 631 g/mol. The zero-order valence-electron chi connectivity index (χ0n) is 26.1. The molecule has 230 valence electrons. The molecule has 3 heterocycles. The fourth-order valence-electron chi connectivity index (χ4n) is 7.13. The van der Waals surface area contributed by atoms with Crippen molar-refractivity contribution in [3.05, 3.63) is 164 Å². The maximum atomic E-state index is 13.8. The van der Waals surface area contributed by atoms with Crippen LogP contribution in [0.5, 0.6) is 0 Å². The van der Waals surface area contributed by atoms with Crippen molar-refractivity contribution in [2.75, 3.05) is 0 Å². The van der Waals surface area contributed by atoms with Gasteiger partial charge in [0.1, 0.15) is 17.0 Å². The quantitative estimate of drug-likeness (QED) is 0.194. The molecule has 0 aliphatic rings. The number of rotatable bonds is 4. The Kier molecular flexibility index (Phi) is 6.02. The highest BCUT2D eigenvalue weighted by Crippen LogP contribution is 2.37. The molecule has 5 heteroatoms. The minimum Gasteiger partial charge on any atom is -0.456 e. The second-order valence-electron chi connectivity index (χ2n) is 12.4. The summed E-state index contributed by atoms with van der Waals surface area (Å²) < 4.78 is 22.3. The van der Waals surface area contributed by atoms with Crippen LogP contribution in [0.3, 0.4) is 0 Å². The van der Waals surface area contributed by atoms with Crippen molar-refractivity contribution >= 4 is 54.6 Å². The smallest absolute Gasteiger partial charge is 0.160 e. The first-order valence-electron chi connectivity index (χ1n) is 16.3. The molecule has 4 nitrogen and oxygen atoms in total. The van der Waals surface area contributed by atoms with Crippen molar-refractivity contribution in [1.29, 1.82) is 0 Å². The van der Waals surface area contributed by atoms with E-state index in [0.717, 1.165) is 77.5 Å². The summed E-state index contributed by atoms with van der Waals surface area (Å²) in [6.45, 7) is 0. The lowest BCUT2D eigenvalue weighted by Crippen LogP contribution is -1.97. The van der Waals surface area contributed by atoms with Gasteiger partial charge in [-0.15, -0.1) is 0 Å². The zero-order valence-corrected chi connectivity index (χ0v) is 26.1. The molecule has 3 aromatic heterocycles. The number of hydrogen-bond donors (Lipinski definition) is 0. The molecule has 0 bridgehead atoms. The number of furan rings is 1. The van der Waals surface area contributed by atoms with E-state index in [1.165, 1.54) is 22.9 Å². The van der Waals surface area contributed by atoms with E-state index in [1.807, 2.05) is 42.5 Å². The van der Waals surface area contributed by atoms with Gasteiger partial charge in [-0.2, -0.15) is 0 Å². The molecule has 0 amide bonds. The normalized spacial score (nSPS) is 11.8. The molecule has 0 aliphatic heterocycles. The Bertz CT molecular complexity index is 2880. The minimum absolute atomic E-state index is 0.275. The summed E-state index contributed by atoms with van der Waals surface area (Å²) in [4.78, 5) is 9.90. The number of aromatic nitrogens is 3. The molecule has 10 rings (SSSR count). The lowest BCUT2D eigenvalue weighted by molar-refractivity contribution is 0.628. The van der Waals surface area contributed by atoms with Gasteiger partial charge >= 0.3 is 0 Å². The molecule has 49 heavy (non-hydrogen) atoms. The van der Waals surface area contributed by atoms with Gasteiger partial charge in [-0.3, -0.25) is 0 Å². The molecule has 7 aromatic carbocycles. The van der Waals surface area contributed by atoms with E-state index in [-0.39, 0.29) is 5.82 Å². The first-order valence-corrected chi connectivity index (χ1v) is 16.3. The highest BCUT2D eigenvalue weighted by atomic mass is 19.1. The molecule has 0 fully saturated rings. The van der Waals surface area contributed by atoms with Gasteiger partial charge in [0.05, 0.1) is 22.2 Å². The minimum atomic E-state index is -0.275. The maximum Gasteiger partial charge on any atom is 0.160 e. The molecular formula is C44H26FN3O. The van der Waals surface area contributed by atoms with Crippen LogP contribution in [0, 0.1) is 5.82 Å². The van der Waals surface area contributed by atoms with Crippen molar-refractivity contribution < 1.29 is 8.81 Å². The third kappa shape index (κ3) is 4.44. The number of fused-ring (bicyclic) bond motifs is 7. The predicted octanol–water partition coefficient (Wildman–Crippen LogP) is 11.8. The lowest BCUT2D eigenvalue weighted by Gasteiger charge is -2.11. The number of benzene rings is 7. The van der Waals surface area contributed by atoms with Gasteiger partial charge in [-0.05, 0) is 102 Å². The number of halogens is 1. The molecule has 10 aromatic rings. The van der Waals surface area contributed by atoms with Crippen molar-refractivity contribution in [3.8, 4) is 39.5 Å². The summed E-state index contributed by atoms with van der Waals surface area (Å²) >= 11 is 0. The first kappa shape index (κ1) is 27.5. The maximum absolute atomic E-state index is 13.8. The van der Waals surface area contributed by atoms with Crippen LogP contribution in [0.1, 0.15) is 0 Å². The van der Waals surface area contributed by atoms with Crippen LogP contribution >= 0.6 is 0 Å². The Morgan fingerprint density at radius 2 is 1.08 bits per heavy atom. The molecule has 0 unspecified atom stereocenters. The second kappa shape index (κ2) is 10.7.